The number of benzene rings is 2. The van der Waals surface area contributed by atoms with Gasteiger partial charge in [0.05, 0.1) is 0 Å². The lowest BCUT2D eigenvalue weighted by molar-refractivity contribution is 0.217. The first-order chi connectivity index (χ1) is 12.2. The molecule has 0 saturated carbocycles. The number of nitrogens with one attached hydrogen (secondary N) is 1. The molecule has 0 amide bonds. The van der Waals surface area contributed by atoms with Crippen LogP contribution in [0.5, 0.6) is 11.5 Å². The molecule has 0 atom stereocenters. The van der Waals surface area contributed by atoms with Crippen molar-refractivity contribution < 1.29 is 9.47 Å². The second-order valence-electron chi connectivity index (χ2n) is 4.90. The molecule has 3 aromatic rings. The number of hydrogen-bond donors (Lipinski definition) is 1. The van der Waals surface area contributed by atoms with Gasteiger partial charge in [-0.3, -0.25) is 0 Å². The second kappa shape index (κ2) is 8.64. The Morgan fingerprint density at radius 3 is 2.68 bits per heavy atom. The van der Waals surface area contributed by atoms with E-state index in [9.17, 15) is 0 Å². The molecule has 0 saturated heterocycles. The monoisotopic (exact) mass is 420 g/mol. The van der Waals surface area contributed by atoms with Crippen LogP contribution >= 0.6 is 27.5 Å². The molecule has 0 unspecified atom stereocenters. The Balaban J connectivity index is 1.59. The number of ether oxygens (including phenoxy) is 2. The zero-order valence-electron chi connectivity index (χ0n) is 13.0. The number of aliphatic imine (C=N–C) groups is 1. The Labute approximate surface area is 158 Å². The lowest BCUT2D eigenvalue weighted by atomic mass is 10.2. The fraction of sp³-hybridized carbons (Fsp3) is 0.118. The average molecular weight is 422 g/mol. The van der Waals surface area contributed by atoms with Gasteiger partial charge in [0, 0.05) is 21.3 Å². The number of H-pyrrole nitrogens is 1. The van der Waals surface area contributed by atoms with Gasteiger partial charge in [-0.05, 0) is 42.5 Å². The van der Waals surface area contributed by atoms with E-state index in [0.29, 0.717) is 29.9 Å². The van der Waals surface area contributed by atoms with Crippen molar-refractivity contribution >= 4 is 39.7 Å². The topological polar surface area (TPSA) is 72.4 Å². The SMILES string of the molecule is Clc1ccc(OCCOc2ccc(Br)cc2)c(/C=N/c2ncn[nH]2)c1. The summed E-state index contributed by atoms with van der Waals surface area (Å²) in [6.07, 6.45) is 3.01. The van der Waals surface area contributed by atoms with Gasteiger partial charge in [0.15, 0.2) is 0 Å². The minimum atomic E-state index is 0.390. The molecule has 6 nitrogen and oxygen atoms in total. The summed E-state index contributed by atoms with van der Waals surface area (Å²) in [5, 5.41) is 7.00. The third-order valence-electron chi connectivity index (χ3n) is 3.12. The van der Waals surface area contributed by atoms with E-state index in [1.807, 2.05) is 24.3 Å². The summed E-state index contributed by atoms with van der Waals surface area (Å²) in [6, 6.07) is 13.0. The van der Waals surface area contributed by atoms with Crippen molar-refractivity contribution in [1.82, 2.24) is 15.2 Å². The normalized spacial score (nSPS) is 11.0. The van der Waals surface area contributed by atoms with E-state index in [1.165, 1.54) is 6.33 Å². The molecular formula is C17H14BrClN4O2. The summed E-state index contributed by atoms with van der Waals surface area (Å²) in [4.78, 5) is 8.13. The van der Waals surface area contributed by atoms with Gasteiger partial charge in [-0.15, -0.1) is 0 Å². The molecule has 1 N–H and O–H groups in total. The smallest absolute Gasteiger partial charge is 0.245 e. The van der Waals surface area contributed by atoms with Crippen LogP contribution in [0.4, 0.5) is 5.95 Å². The molecule has 128 valence electrons. The van der Waals surface area contributed by atoms with Crippen molar-refractivity contribution in [2.24, 2.45) is 4.99 Å². The number of rotatable bonds is 7. The van der Waals surface area contributed by atoms with Crippen molar-refractivity contribution in [3.63, 3.8) is 0 Å². The summed E-state index contributed by atoms with van der Waals surface area (Å²) in [6.45, 7) is 0.809. The van der Waals surface area contributed by atoms with Gasteiger partial charge in [0.1, 0.15) is 31.0 Å². The summed E-state index contributed by atoms with van der Waals surface area (Å²) in [5.74, 6) is 1.85. The number of aromatic nitrogens is 3. The number of aromatic amines is 1. The Morgan fingerprint density at radius 1 is 1.12 bits per heavy atom. The van der Waals surface area contributed by atoms with E-state index in [0.717, 1.165) is 15.8 Å². The fourth-order valence-corrected chi connectivity index (χ4v) is 2.43. The molecule has 0 aliphatic heterocycles. The first-order valence-electron chi connectivity index (χ1n) is 7.41. The third kappa shape index (κ3) is 5.30. The molecule has 1 heterocycles. The highest BCUT2D eigenvalue weighted by atomic mass is 79.9. The Bertz CT molecular complexity index is 838. The molecule has 0 bridgehead atoms. The van der Waals surface area contributed by atoms with Crippen LogP contribution in [-0.4, -0.2) is 34.6 Å². The molecule has 1 aromatic heterocycles. The van der Waals surface area contributed by atoms with E-state index < -0.39 is 0 Å². The van der Waals surface area contributed by atoms with Crippen LogP contribution in [0.2, 0.25) is 5.02 Å². The van der Waals surface area contributed by atoms with Crippen molar-refractivity contribution in [3.8, 4) is 11.5 Å². The lowest BCUT2D eigenvalue weighted by Crippen LogP contribution is -2.10. The number of nitrogens with zero attached hydrogens (tertiary/aromatic N) is 3. The number of hydrogen-bond acceptors (Lipinski definition) is 5. The highest BCUT2D eigenvalue weighted by Crippen LogP contribution is 2.22. The van der Waals surface area contributed by atoms with Gasteiger partial charge in [-0.2, -0.15) is 10.1 Å². The fourth-order valence-electron chi connectivity index (χ4n) is 1.99. The van der Waals surface area contributed by atoms with Crippen molar-refractivity contribution in [1.29, 1.82) is 0 Å². The molecular weight excluding hydrogens is 408 g/mol. The Kier molecular flexibility index (Phi) is 6.03. The zero-order chi connectivity index (χ0) is 17.5. The molecule has 0 radical (unpaired) electrons. The van der Waals surface area contributed by atoms with Crippen LogP contribution in [-0.2, 0) is 0 Å². The third-order valence-corrected chi connectivity index (χ3v) is 3.89. The summed E-state index contributed by atoms with van der Waals surface area (Å²) >= 11 is 9.44. The highest BCUT2D eigenvalue weighted by Gasteiger charge is 2.04. The maximum Gasteiger partial charge on any atom is 0.245 e. The largest absolute Gasteiger partial charge is 0.490 e. The quantitative estimate of drug-likeness (QED) is 0.452. The molecule has 0 aliphatic rings. The average Bonchev–Trinajstić information content (AvgIpc) is 3.13. The molecule has 0 aliphatic carbocycles. The van der Waals surface area contributed by atoms with E-state index >= 15 is 0 Å². The molecule has 8 heteroatoms. The van der Waals surface area contributed by atoms with E-state index in [1.54, 1.807) is 24.4 Å². The lowest BCUT2D eigenvalue weighted by Gasteiger charge is -2.10. The highest BCUT2D eigenvalue weighted by molar-refractivity contribution is 9.10. The molecule has 3 rings (SSSR count). The Hall–Kier alpha value is -2.38. The van der Waals surface area contributed by atoms with Gasteiger partial charge < -0.3 is 9.47 Å². The van der Waals surface area contributed by atoms with Crippen molar-refractivity contribution in [2.45, 2.75) is 0 Å². The van der Waals surface area contributed by atoms with E-state index in [4.69, 9.17) is 21.1 Å². The zero-order valence-corrected chi connectivity index (χ0v) is 15.4. The van der Waals surface area contributed by atoms with Crippen LogP contribution < -0.4 is 9.47 Å². The summed E-state index contributed by atoms with van der Waals surface area (Å²) in [5.41, 5.74) is 0.743. The van der Waals surface area contributed by atoms with E-state index in [2.05, 4.69) is 36.1 Å². The maximum absolute atomic E-state index is 6.05. The predicted molar refractivity (Wildman–Crippen MR) is 100 cm³/mol. The molecule has 2 aromatic carbocycles. The van der Waals surface area contributed by atoms with Crippen LogP contribution in [0.25, 0.3) is 0 Å². The van der Waals surface area contributed by atoms with Crippen molar-refractivity contribution in [3.05, 3.63) is 63.9 Å². The molecule has 25 heavy (non-hydrogen) atoms. The number of halogens is 2. The summed E-state index contributed by atoms with van der Waals surface area (Å²) in [7, 11) is 0. The van der Waals surface area contributed by atoms with Gasteiger partial charge in [-0.25, -0.2) is 10.1 Å². The van der Waals surface area contributed by atoms with Crippen LogP contribution in [0, 0.1) is 0 Å². The minimum absolute atomic E-state index is 0.390. The van der Waals surface area contributed by atoms with Crippen molar-refractivity contribution in [2.75, 3.05) is 13.2 Å². The first-order valence-corrected chi connectivity index (χ1v) is 8.58. The molecule has 0 spiro atoms. The van der Waals surface area contributed by atoms with Crippen LogP contribution in [0.3, 0.4) is 0 Å². The predicted octanol–water partition coefficient (Wildman–Crippen LogP) is 4.43. The minimum Gasteiger partial charge on any atom is -0.490 e. The van der Waals surface area contributed by atoms with E-state index in [-0.39, 0.29) is 0 Å². The maximum atomic E-state index is 6.05. The Morgan fingerprint density at radius 2 is 1.92 bits per heavy atom. The van der Waals surface area contributed by atoms with Crippen LogP contribution in [0.15, 0.2) is 58.3 Å². The van der Waals surface area contributed by atoms with Crippen LogP contribution in [0.1, 0.15) is 5.56 Å². The second-order valence-corrected chi connectivity index (χ2v) is 6.25. The van der Waals surface area contributed by atoms with Gasteiger partial charge in [0.25, 0.3) is 0 Å². The standard InChI is InChI=1S/C17H14BrClN4O2/c18-13-1-4-15(5-2-13)24-7-8-25-16-6-3-14(19)9-12(16)10-20-17-21-11-22-23-17/h1-6,9-11H,7-8H2,(H,21,22,23)/b20-10+. The van der Waals surface area contributed by atoms with Gasteiger partial charge >= 0.3 is 0 Å². The summed E-state index contributed by atoms with van der Waals surface area (Å²) < 4.78 is 12.4. The first kappa shape index (κ1) is 17.4. The molecule has 0 fully saturated rings. The van der Waals surface area contributed by atoms with Gasteiger partial charge in [-0.1, -0.05) is 27.5 Å². The van der Waals surface area contributed by atoms with Gasteiger partial charge in [0.2, 0.25) is 5.95 Å².